The third-order valence-corrected chi connectivity index (χ3v) is 4.61. The summed E-state index contributed by atoms with van der Waals surface area (Å²) < 4.78 is 11.3. The molecule has 0 radical (unpaired) electrons. The number of nitrogens with zero attached hydrogens (tertiary/aromatic N) is 4. The second-order valence-corrected chi connectivity index (χ2v) is 6.24. The van der Waals surface area contributed by atoms with Gasteiger partial charge < -0.3 is 14.5 Å². The van der Waals surface area contributed by atoms with E-state index >= 15 is 0 Å². The Morgan fingerprint density at radius 1 is 1.24 bits per heavy atom. The van der Waals surface area contributed by atoms with Crippen molar-refractivity contribution in [3.8, 4) is 6.07 Å². The van der Waals surface area contributed by atoms with Crippen molar-refractivity contribution in [2.24, 2.45) is 0 Å². The van der Waals surface area contributed by atoms with Gasteiger partial charge in [-0.15, -0.1) is 5.10 Å². The fourth-order valence-corrected chi connectivity index (χ4v) is 2.99. The minimum Gasteiger partial charge on any atom is -0.465 e. The van der Waals surface area contributed by atoms with E-state index in [1.807, 2.05) is 32.9 Å². The van der Waals surface area contributed by atoms with Crippen LogP contribution in [0.1, 0.15) is 34.4 Å². The lowest BCUT2D eigenvalue weighted by molar-refractivity contribution is 0.0143. The van der Waals surface area contributed by atoms with Crippen LogP contribution in [0.15, 0.2) is 16.5 Å². The summed E-state index contributed by atoms with van der Waals surface area (Å²) in [6.07, 6.45) is 0. The first-order chi connectivity index (χ1) is 12.1. The maximum absolute atomic E-state index is 9.45. The van der Waals surface area contributed by atoms with Crippen LogP contribution >= 0.6 is 0 Å². The summed E-state index contributed by atoms with van der Waals surface area (Å²) in [5, 5.41) is 21.1. The van der Waals surface area contributed by atoms with E-state index < -0.39 is 0 Å². The number of aryl methyl sites for hydroxylation is 2. The van der Waals surface area contributed by atoms with Crippen LogP contribution in [0, 0.1) is 32.1 Å². The number of aromatic nitrogens is 2. The third-order valence-electron chi connectivity index (χ3n) is 4.61. The fourth-order valence-electron chi connectivity index (χ4n) is 2.99. The Kier molecular flexibility index (Phi) is 5.31. The van der Waals surface area contributed by atoms with Crippen LogP contribution in [0.5, 0.6) is 0 Å². The van der Waals surface area contributed by atoms with Crippen LogP contribution in [0.25, 0.3) is 0 Å². The van der Waals surface area contributed by atoms with Crippen LogP contribution in [-0.2, 0) is 4.74 Å². The van der Waals surface area contributed by atoms with Gasteiger partial charge in [-0.3, -0.25) is 4.90 Å². The van der Waals surface area contributed by atoms with E-state index in [-0.39, 0.29) is 6.04 Å². The van der Waals surface area contributed by atoms with Gasteiger partial charge in [0.25, 0.3) is 0 Å². The molecule has 1 aliphatic rings. The minimum absolute atomic E-state index is 0.0487. The molecular weight excluding hydrogens is 318 g/mol. The number of furan rings is 1. The number of rotatable bonds is 5. The summed E-state index contributed by atoms with van der Waals surface area (Å²) in [5.74, 6) is 2.31. The third kappa shape index (κ3) is 3.81. The number of hydrogen-bond acceptors (Lipinski definition) is 7. The SMILES string of the molecule is Cc1ccc([C@@H](CNc2nnc(C)c(C)c2C#N)N2CCOCC2)o1. The highest BCUT2D eigenvalue weighted by atomic mass is 16.5. The maximum atomic E-state index is 9.45. The van der Waals surface area contributed by atoms with Crippen molar-refractivity contribution in [2.75, 3.05) is 38.2 Å². The van der Waals surface area contributed by atoms with E-state index in [2.05, 4.69) is 26.5 Å². The molecule has 7 nitrogen and oxygen atoms in total. The van der Waals surface area contributed by atoms with E-state index in [1.165, 1.54) is 0 Å². The minimum atomic E-state index is 0.0487. The highest BCUT2D eigenvalue weighted by Gasteiger charge is 2.25. The summed E-state index contributed by atoms with van der Waals surface area (Å²) in [4.78, 5) is 2.33. The van der Waals surface area contributed by atoms with Gasteiger partial charge in [-0.25, -0.2) is 0 Å². The van der Waals surface area contributed by atoms with E-state index in [1.54, 1.807) is 0 Å². The molecule has 2 aromatic rings. The molecule has 0 bridgehead atoms. The van der Waals surface area contributed by atoms with Crippen molar-refractivity contribution in [3.05, 3.63) is 40.5 Å². The predicted octanol–water partition coefficient (Wildman–Crippen LogP) is 2.35. The van der Waals surface area contributed by atoms with Crippen molar-refractivity contribution in [1.82, 2.24) is 15.1 Å². The van der Waals surface area contributed by atoms with Gasteiger partial charge in [-0.1, -0.05) is 0 Å². The molecule has 0 amide bonds. The molecule has 7 heteroatoms. The molecule has 3 rings (SSSR count). The molecule has 3 heterocycles. The quantitative estimate of drug-likeness (QED) is 0.893. The molecule has 0 aliphatic carbocycles. The van der Waals surface area contributed by atoms with Crippen molar-refractivity contribution < 1.29 is 9.15 Å². The van der Waals surface area contributed by atoms with Gasteiger partial charge in [0.15, 0.2) is 5.82 Å². The number of nitriles is 1. The number of ether oxygens (including phenoxy) is 1. The Morgan fingerprint density at radius 2 is 2.00 bits per heavy atom. The maximum Gasteiger partial charge on any atom is 0.167 e. The zero-order chi connectivity index (χ0) is 17.8. The van der Waals surface area contributed by atoms with Crippen LogP contribution in [0.2, 0.25) is 0 Å². The second kappa shape index (κ2) is 7.64. The normalized spacial score (nSPS) is 16.4. The molecule has 1 N–H and O–H groups in total. The average Bonchev–Trinajstić information content (AvgIpc) is 3.05. The lowest BCUT2D eigenvalue weighted by Crippen LogP contribution is -2.41. The van der Waals surface area contributed by atoms with E-state index in [9.17, 15) is 5.26 Å². The number of nitrogens with one attached hydrogen (secondary N) is 1. The lowest BCUT2D eigenvalue weighted by Gasteiger charge is -2.33. The smallest absolute Gasteiger partial charge is 0.167 e. The molecular formula is C18H23N5O2. The highest BCUT2D eigenvalue weighted by molar-refractivity contribution is 5.55. The molecule has 1 aliphatic heterocycles. The van der Waals surface area contributed by atoms with E-state index in [0.717, 1.165) is 35.9 Å². The Balaban J connectivity index is 1.82. The molecule has 0 unspecified atom stereocenters. The van der Waals surface area contributed by atoms with Gasteiger partial charge in [0.05, 0.1) is 24.9 Å². The molecule has 0 spiro atoms. The van der Waals surface area contributed by atoms with E-state index in [0.29, 0.717) is 31.1 Å². The van der Waals surface area contributed by atoms with Crippen LogP contribution in [0.3, 0.4) is 0 Å². The van der Waals surface area contributed by atoms with Gasteiger partial charge in [-0.2, -0.15) is 10.4 Å². The van der Waals surface area contributed by atoms with Gasteiger partial charge in [0, 0.05) is 19.6 Å². The van der Waals surface area contributed by atoms with Gasteiger partial charge in [0.1, 0.15) is 23.2 Å². The first kappa shape index (κ1) is 17.4. The van der Waals surface area contributed by atoms with Crippen molar-refractivity contribution >= 4 is 5.82 Å². The van der Waals surface area contributed by atoms with Crippen LogP contribution in [0.4, 0.5) is 5.82 Å². The van der Waals surface area contributed by atoms with Gasteiger partial charge in [-0.05, 0) is 38.5 Å². The molecule has 1 atom stereocenters. The topological polar surface area (TPSA) is 87.2 Å². The first-order valence-electron chi connectivity index (χ1n) is 8.46. The summed E-state index contributed by atoms with van der Waals surface area (Å²) >= 11 is 0. The average molecular weight is 341 g/mol. The van der Waals surface area contributed by atoms with Crippen LogP contribution in [-0.4, -0.2) is 47.9 Å². The molecule has 1 saturated heterocycles. The largest absolute Gasteiger partial charge is 0.465 e. The highest BCUT2D eigenvalue weighted by Crippen LogP contribution is 2.25. The molecule has 0 saturated carbocycles. The summed E-state index contributed by atoms with van der Waals surface area (Å²) in [7, 11) is 0. The van der Waals surface area contributed by atoms with Crippen LogP contribution < -0.4 is 5.32 Å². The molecule has 2 aromatic heterocycles. The summed E-state index contributed by atoms with van der Waals surface area (Å²) in [6.45, 7) is 9.38. The Morgan fingerprint density at radius 3 is 2.64 bits per heavy atom. The van der Waals surface area contributed by atoms with Gasteiger partial charge >= 0.3 is 0 Å². The van der Waals surface area contributed by atoms with Crippen molar-refractivity contribution in [3.63, 3.8) is 0 Å². The molecule has 0 aromatic carbocycles. The Hall–Kier alpha value is -2.43. The lowest BCUT2D eigenvalue weighted by atomic mass is 10.1. The predicted molar refractivity (Wildman–Crippen MR) is 93.3 cm³/mol. The summed E-state index contributed by atoms with van der Waals surface area (Å²) in [5.41, 5.74) is 2.18. The van der Waals surface area contributed by atoms with Gasteiger partial charge in [0.2, 0.25) is 0 Å². The zero-order valence-corrected chi connectivity index (χ0v) is 14.9. The standard InChI is InChI=1S/C18H23N5O2/c1-12-4-5-17(25-12)16(23-6-8-24-9-7-23)11-20-18-15(10-19)13(2)14(3)21-22-18/h4-5,16H,6-9,11H2,1-3H3,(H,20,22)/t16-/m1/s1. The fraction of sp³-hybridized carbons (Fsp3) is 0.500. The van der Waals surface area contributed by atoms with Crippen molar-refractivity contribution in [2.45, 2.75) is 26.8 Å². The zero-order valence-electron chi connectivity index (χ0n) is 14.9. The number of morpholine rings is 1. The second-order valence-electron chi connectivity index (χ2n) is 6.24. The Labute approximate surface area is 147 Å². The monoisotopic (exact) mass is 341 g/mol. The summed E-state index contributed by atoms with van der Waals surface area (Å²) in [6, 6.07) is 6.26. The van der Waals surface area contributed by atoms with Crippen molar-refractivity contribution in [1.29, 1.82) is 5.26 Å². The number of hydrogen-bond donors (Lipinski definition) is 1. The molecule has 25 heavy (non-hydrogen) atoms. The van der Waals surface area contributed by atoms with E-state index in [4.69, 9.17) is 9.15 Å². The number of anilines is 1. The molecule has 1 fully saturated rings. The Bertz CT molecular complexity index is 774. The first-order valence-corrected chi connectivity index (χ1v) is 8.46. The molecule has 132 valence electrons.